The Hall–Kier alpha value is -2.66. The van der Waals surface area contributed by atoms with Crippen molar-refractivity contribution in [3.05, 3.63) is 59.3 Å². The minimum Gasteiger partial charge on any atom is -0.304 e. The molecule has 0 aromatic carbocycles. The highest BCUT2D eigenvalue weighted by molar-refractivity contribution is 7.90. The van der Waals surface area contributed by atoms with E-state index in [1.54, 1.807) is 4.72 Å². The van der Waals surface area contributed by atoms with Crippen LogP contribution in [-0.4, -0.2) is 28.7 Å². The Morgan fingerprint density at radius 1 is 1.27 bits per heavy atom. The molecule has 7 nitrogen and oxygen atoms in total. The zero-order chi connectivity index (χ0) is 19.1. The summed E-state index contributed by atoms with van der Waals surface area (Å²) in [6.07, 6.45) is -0.617. The lowest BCUT2D eigenvalue weighted by Gasteiger charge is -2.07. The second kappa shape index (κ2) is 6.25. The first-order valence-electron chi connectivity index (χ1n) is 6.80. The highest BCUT2D eigenvalue weighted by atomic mass is 35.5. The third-order valence-corrected chi connectivity index (χ3v) is 4.83. The molecule has 3 aromatic rings. The van der Waals surface area contributed by atoms with Crippen molar-refractivity contribution in [2.75, 3.05) is 0 Å². The smallest absolute Gasteiger partial charge is 0.304 e. The molecule has 0 aliphatic carbocycles. The van der Waals surface area contributed by atoms with Gasteiger partial charge in [0.1, 0.15) is 10.6 Å². The van der Waals surface area contributed by atoms with Crippen molar-refractivity contribution in [1.82, 2.24) is 19.1 Å². The average Bonchev–Trinajstić information content (AvgIpc) is 2.99. The van der Waals surface area contributed by atoms with Crippen LogP contribution >= 0.6 is 11.6 Å². The molecule has 0 saturated carbocycles. The van der Waals surface area contributed by atoms with E-state index in [2.05, 4.69) is 9.97 Å². The number of carbonyl (C=O) groups excluding carboxylic acids is 1. The number of halogens is 4. The Morgan fingerprint density at radius 3 is 2.62 bits per heavy atom. The van der Waals surface area contributed by atoms with Gasteiger partial charge in [-0.2, -0.15) is 13.2 Å². The van der Waals surface area contributed by atoms with Crippen LogP contribution in [0.4, 0.5) is 13.2 Å². The molecule has 0 saturated heterocycles. The lowest BCUT2D eigenvalue weighted by atomic mass is 10.3. The molecular weight excluding hydrogens is 397 g/mol. The van der Waals surface area contributed by atoms with E-state index < -0.39 is 33.4 Å². The van der Waals surface area contributed by atoms with Crippen LogP contribution in [0.5, 0.6) is 0 Å². The molecule has 0 unspecified atom stereocenters. The van der Waals surface area contributed by atoms with E-state index in [-0.39, 0.29) is 15.6 Å². The van der Waals surface area contributed by atoms with E-state index in [0.717, 1.165) is 16.8 Å². The van der Waals surface area contributed by atoms with E-state index in [1.807, 2.05) is 0 Å². The van der Waals surface area contributed by atoms with Crippen molar-refractivity contribution in [2.45, 2.75) is 11.1 Å². The largest absolute Gasteiger partial charge is 0.417 e. The third-order valence-electron chi connectivity index (χ3n) is 3.24. The number of nitrogens with zero attached hydrogens (tertiary/aromatic N) is 3. The summed E-state index contributed by atoms with van der Waals surface area (Å²) in [7, 11) is -4.21. The fourth-order valence-electron chi connectivity index (χ4n) is 2.06. The lowest BCUT2D eigenvalue weighted by molar-refractivity contribution is -0.137. The Morgan fingerprint density at radius 2 is 2.00 bits per heavy atom. The molecule has 26 heavy (non-hydrogen) atoms. The Kier molecular flexibility index (Phi) is 4.36. The summed E-state index contributed by atoms with van der Waals surface area (Å²) in [5.41, 5.74) is -1.58. The van der Waals surface area contributed by atoms with E-state index in [1.165, 1.54) is 18.3 Å². The summed E-state index contributed by atoms with van der Waals surface area (Å²) in [6.45, 7) is 0. The molecule has 0 bridgehead atoms. The van der Waals surface area contributed by atoms with E-state index in [0.29, 0.717) is 12.3 Å². The minimum atomic E-state index is -4.64. The fraction of sp³-hybridized carbons (Fsp3) is 0.0714. The van der Waals surface area contributed by atoms with E-state index in [9.17, 15) is 26.4 Å². The molecule has 12 heteroatoms. The molecule has 0 spiro atoms. The maximum absolute atomic E-state index is 12.8. The molecule has 0 aliphatic rings. The predicted octanol–water partition coefficient (Wildman–Crippen LogP) is 2.52. The number of sulfonamides is 1. The Balaban J connectivity index is 1.96. The Labute approximate surface area is 149 Å². The monoisotopic (exact) mass is 404 g/mol. The molecule has 0 atom stereocenters. The zero-order valence-corrected chi connectivity index (χ0v) is 14.1. The molecule has 0 radical (unpaired) electrons. The lowest BCUT2D eigenvalue weighted by Crippen LogP contribution is -2.30. The summed E-state index contributed by atoms with van der Waals surface area (Å²) in [4.78, 5) is 19.3. The fourth-order valence-corrected chi connectivity index (χ4v) is 3.24. The number of aromatic nitrogens is 3. The number of carbonyl (C=O) groups is 1. The van der Waals surface area contributed by atoms with Crippen LogP contribution < -0.4 is 4.72 Å². The van der Waals surface area contributed by atoms with Crippen LogP contribution in [0.2, 0.25) is 5.02 Å². The van der Waals surface area contributed by atoms with Gasteiger partial charge in [0.2, 0.25) is 0 Å². The van der Waals surface area contributed by atoms with Crippen LogP contribution in [0.1, 0.15) is 16.1 Å². The maximum atomic E-state index is 12.8. The summed E-state index contributed by atoms with van der Waals surface area (Å²) >= 11 is 5.77. The summed E-state index contributed by atoms with van der Waals surface area (Å²) < 4.78 is 65.3. The van der Waals surface area contributed by atoms with Crippen LogP contribution in [0.15, 0.2) is 47.9 Å². The molecule has 136 valence electrons. The van der Waals surface area contributed by atoms with Gasteiger partial charge in [-0.15, -0.1) is 0 Å². The summed E-state index contributed by atoms with van der Waals surface area (Å²) in [5, 5.41) is -0.339. The molecular formula is C14H8ClF3N4O3S. The number of pyridine rings is 2. The SMILES string of the molecule is O=C(NS(=O)(=O)c1cccnc1)c1cn2cc(C(F)(F)F)cc(Cl)c2n1. The van der Waals surface area contributed by atoms with Gasteiger partial charge in [0.05, 0.1) is 10.6 Å². The van der Waals surface area contributed by atoms with Gasteiger partial charge in [-0.05, 0) is 18.2 Å². The van der Waals surface area contributed by atoms with Crippen molar-refractivity contribution in [1.29, 1.82) is 0 Å². The summed E-state index contributed by atoms with van der Waals surface area (Å²) in [6, 6.07) is 3.25. The number of imidazole rings is 1. The van der Waals surface area contributed by atoms with Crippen molar-refractivity contribution < 1.29 is 26.4 Å². The first-order chi connectivity index (χ1) is 12.1. The number of hydrogen-bond donors (Lipinski definition) is 1. The van der Waals surface area contributed by atoms with Crippen molar-refractivity contribution in [3.8, 4) is 0 Å². The van der Waals surface area contributed by atoms with Gasteiger partial charge in [-0.1, -0.05) is 11.6 Å². The number of alkyl halides is 3. The van der Waals surface area contributed by atoms with Crippen LogP contribution in [0.25, 0.3) is 5.65 Å². The first-order valence-corrected chi connectivity index (χ1v) is 8.67. The van der Waals surface area contributed by atoms with Gasteiger partial charge in [0, 0.05) is 24.8 Å². The second-order valence-electron chi connectivity index (χ2n) is 5.05. The van der Waals surface area contributed by atoms with Gasteiger partial charge in [0.25, 0.3) is 15.9 Å². The number of fused-ring (bicyclic) bond motifs is 1. The van der Waals surface area contributed by atoms with Gasteiger partial charge in [-0.25, -0.2) is 18.1 Å². The quantitative estimate of drug-likeness (QED) is 0.724. The minimum absolute atomic E-state index is 0.122. The highest BCUT2D eigenvalue weighted by Gasteiger charge is 2.32. The van der Waals surface area contributed by atoms with Gasteiger partial charge < -0.3 is 4.40 Å². The zero-order valence-electron chi connectivity index (χ0n) is 12.5. The first kappa shape index (κ1) is 18.1. The van der Waals surface area contributed by atoms with Crippen molar-refractivity contribution in [2.24, 2.45) is 0 Å². The molecule has 1 N–H and O–H groups in total. The predicted molar refractivity (Wildman–Crippen MR) is 84.1 cm³/mol. The van der Waals surface area contributed by atoms with Gasteiger partial charge in [0.15, 0.2) is 5.65 Å². The third kappa shape index (κ3) is 3.48. The van der Waals surface area contributed by atoms with E-state index >= 15 is 0 Å². The average molecular weight is 405 g/mol. The molecule has 3 rings (SSSR count). The number of amides is 1. The standard InChI is InChI=1S/C14H8ClF3N4O3S/c15-10-4-8(14(16,17)18)6-22-7-11(20-12(10)22)13(23)21-26(24,25)9-2-1-3-19-5-9/h1-7H,(H,21,23). The number of nitrogens with one attached hydrogen (secondary N) is 1. The number of rotatable bonds is 3. The normalized spacial score (nSPS) is 12.3. The van der Waals surface area contributed by atoms with Gasteiger partial charge in [-0.3, -0.25) is 9.78 Å². The maximum Gasteiger partial charge on any atom is 0.417 e. The molecule has 1 amide bonds. The van der Waals surface area contributed by atoms with Crippen molar-refractivity contribution >= 4 is 33.2 Å². The Bertz CT molecular complexity index is 1100. The second-order valence-corrected chi connectivity index (χ2v) is 7.14. The van der Waals surface area contributed by atoms with Crippen LogP contribution in [0, 0.1) is 0 Å². The molecule has 0 aliphatic heterocycles. The molecule has 3 heterocycles. The number of hydrogen-bond acceptors (Lipinski definition) is 5. The topological polar surface area (TPSA) is 93.4 Å². The molecule has 3 aromatic heterocycles. The van der Waals surface area contributed by atoms with E-state index in [4.69, 9.17) is 11.6 Å². The van der Waals surface area contributed by atoms with Crippen molar-refractivity contribution in [3.63, 3.8) is 0 Å². The highest BCUT2D eigenvalue weighted by Crippen LogP contribution is 2.32. The van der Waals surface area contributed by atoms with Gasteiger partial charge >= 0.3 is 6.18 Å². The van der Waals surface area contributed by atoms with Crippen LogP contribution in [0.3, 0.4) is 0 Å². The summed E-state index contributed by atoms with van der Waals surface area (Å²) in [5.74, 6) is -1.12. The van der Waals surface area contributed by atoms with Crippen LogP contribution in [-0.2, 0) is 16.2 Å². The molecule has 0 fully saturated rings.